The van der Waals surface area contributed by atoms with Crippen molar-refractivity contribution >= 4 is 40.9 Å². The minimum atomic E-state index is -0.134. The number of amides is 1. The highest BCUT2D eigenvalue weighted by atomic mass is 35.5. The van der Waals surface area contributed by atoms with Gasteiger partial charge < -0.3 is 9.73 Å². The molecule has 4 aromatic rings. The molecule has 0 aliphatic heterocycles. The van der Waals surface area contributed by atoms with Crippen molar-refractivity contribution in [3.05, 3.63) is 88.3 Å². The highest BCUT2D eigenvalue weighted by molar-refractivity contribution is 7.99. The normalized spacial score (nSPS) is 10.9. The number of aromatic nitrogens is 3. The van der Waals surface area contributed by atoms with Gasteiger partial charge in [0.05, 0.1) is 18.6 Å². The molecule has 0 fully saturated rings. The topological polar surface area (TPSA) is 73.0 Å². The van der Waals surface area contributed by atoms with Crippen LogP contribution in [-0.2, 0) is 17.9 Å². The average Bonchev–Trinajstić information content (AvgIpc) is 3.43. The van der Waals surface area contributed by atoms with Crippen molar-refractivity contribution in [3.8, 4) is 11.4 Å². The van der Waals surface area contributed by atoms with E-state index < -0.39 is 0 Å². The number of nitrogens with one attached hydrogen (secondary N) is 1. The van der Waals surface area contributed by atoms with Gasteiger partial charge in [-0.1, -0.05) is 71.4 Å². The zero-order valence-electron chi connectivity index (χ0n) is 16.3. The molecule has 0 saturated heterocycles. The van der Waals surface area contributed by atoms with Gasteiger partial charge in [0.25, 0.3) is 0 Å². The van der Waals surface area contributed by atoms with Gasteiger partial charge in [0, 0.05) is 22.2 Å². The summed E-state index contributed by atoms with van der Waals surface area (Å²) in [5.74, 6) is 1.55. The van der Waals surface area contributed by atoms with Crippen molar-refractivity contribution in [2.24, 2.45) is 0 Å². The SMILES string of the molecule is O=C(CSc1nnc(-c2ccccc2)n1Cc1ccco1)NCc1ccc(Cl)cc1Cl. The van der Waals surface area contributed by atoms with E-state index in [-0.39, 0.29) is 11.7 Å². The fourth-order valence-electron chi connectivity index (χ4n) is 2.94. The molecule has 0 radical (unpaired) electrons. The fraction of sp³-hybridized carbons (Fsp3) is 0.136. The summed E-state index contributed by atoms with van der Waals surface area (Å²) in [6.45, 7) is 0.790. The van der Waals surface area contributed by atoms with Crippen LogP contribution in [0.15, 0.2) is 76.5 Å². The van der Waals surface area contributed by atoms with E-state index in [9.17, 15) is 4.79 Å². The monoisotopic (exact) mass is 472 g/mol. The second-order valence-corrected chi connectivity index (χ2v) is 8.42. The molecule has 9 heteroatoms. The van der Waals surface area contributed by atoms with Crippen molar-refractivity contribution in [1.29, 1.82) is 0 Å². The largest absolute Gasteiger partial charge is 0.467 e. The zero-order valence-corrected chi connectivity index (χ0v) is 18.6. The van der Waals surface area contributed by atoms with E-state index in [4.69, 9.17) is 27.6 Å². The molecular weight excluding hydrogens is 455 g/mol. The molecule has 1 amide bonds. The molecule has 0 atom stereocenters. The molecule has 4 rings (SSSR count). The van der Waals surface area contributed by atoms with Crippen molar-refractivity contribution in [2.45, 2.75) is 18.2 Å². The molecule has 0 unspecified atom stereocenters. The van der Waals surface area contributed by atoms with Gasteiger partial charge in [-0.2, -0.15) is 0 Å². The lowest BCUT2D eigenvalue weighted by atomic mass is 10.2. The molecule has 0 aliphatic rings. The molecule has 0 aliphatic carbocycles. The van der Waals surface area contributed by atoms with Crippen LogP contribution in [-0.4, -0.2) is 26.4 Å². The predicted octanol–water partition coefficient (Wildman–Crippen LogP) is 5.30. The third-order valence-corrected chi connectivity index (χ3v) is 6.02. The molecule has 0 saturated carbocycles. The van der Waals surface area contributed by atoms with E-state index in [0.717, 1.165) is 16.9 Å². The number of carbonyl (C=O) groups excluding carboxylic acids is 1. The summed E-state index contributed by atoms with van der Waals surface area (Å²) < 4.78 is 7.45. The van der Waals surface area contributed by atoms with E-state index in [2.05, 4.69) is 15.5 Å². The van der Waals surface area contributed by atoms with Gasteiger partial charge in [-0.15, -0.1) is 10.2 Å². The Morgan fingerprint density at radius 1 is 1.06 bits per heavy atom. The molecule has 2 heterocycles. The van der Waals surface area contributed by atoms with E-state index in [0.29, 0.717) is 34.1 Å². The molecule has 2 aromatic heterocycles. The van der Waals surface area contributed by atoms with Crippen LogP contribution in [0.4, 0.5) is 0 Å². The number of carbonyl (C=O) groups is 1. The Balaban J connectivity index is 1.45. The Kier molecular flexibility index (Phi) is 6.96. The van der Waals surface area contributed by atoms with Gasteiger partial charge in [0.15, 0.2) is 11.0 Å². The Morgan fingerprint density at radius 3 is 2.65 bits per heavy atom. The van der Waals surface area contributed by atoms with Crippen molar-refractivity contribution in [3.63, 3.8) is 0 Å². The highest BCUT2D eigenvalue weighted by Gasteiger charge is 2.17. The van der Waals surface area contributed by atoms with E-state index in [1.807, 2.05) is 47.0 Å². The molecule has 0 spiro atoms. The fourth-order valence-corrected chi connectivity index (χ4v) is 4.18. The van der Waals surface area contributed by atoms with Gasteiger partial charge in [-0.25, -0.2) is 0 Å². The number of rotatable bonds is 8. The lowest BCUT2D eigenvalue weighted by molar-refractivity contribution is -0.118. The van der Waals surface area contributed by atoms with Crippen LogP contribution >= 0.6 is 35.0 Å². The number of hydrogen-bond donors (Lipinski definition) is 1. The standard InChI is InChI=1S/C22H18Cl2N4O2S/c23-17-9-8-16(19(24)11-17)12-25-20(29)14-31-22-27-26-21(15-5-2-1-3-6-15)28(22)13-18-7-4-10-30-18/h1-11H,12-14H2,(H,25,29). The smallest absolute Gasteiger partial charge is 0.230 e. The van der Waals surface area contributed by atoms with Gasteiger partial charge in [-0.3, -0.25) is 9.36 Å². The summed E-state index contributed by atoms with van der Waals surface area (Å²) in [6.07, 6.45) is 1.63. The molecule has 0 bridgehead atoms. The van der Waals surface area contributed by atoms with Gasteiger partial charge >= 0.3 is 0 Å². The third-order valence-electron chi connectivity index (χ3n) is 4.47. The van der Waals surface area contributed by atoms with E-state index in [1.54, 1.807) is 24.5 Å². The van der Waals surface area contributed by atoms with Crippen LogP contribution in [0.1, 0.15) is 11.3 Å². The summed E-state index contributed by atoms with van der Waals surface area (Å²) >= 11 is 13.4. The Morgan fingerprint density at radius 2 is 1.90 bits per heavy atom. The quantitative estimate of drug-likeness (QED) is 0.352. The van der Waals surface area contributed by atoms with Crippen LogP contribution in [0.5, 0.6) is 0 Å². The third kappa shape index (κ3) is 5.50. The maximum Gasteiger partial charge on any atom is 0.230 e. The van der Waals surface area contributed by atoms with Crippen molar-refractivity contribution in [1.82, 2.24) is 20.1 Å². The lowest BCUT2D eigenvalue weighted by Crippen LogP contribution is -2.25. The van der Waals surface area contributed by atoms with Gasteiger partial charge in [0.2, 0.25) is 5.91 Å². The first-order valence-corrected chi connectivity index (χ1v) is 11.2. The predicted molar refractivity (Wildman–Crippen MR) is 122 cm³/mol. The van der Waals surface area contributed by atoms with Crippen LogP contribution in [0.25, 0.3) is 11.4 Å². The number of benzene rings is 2. The summed E-state index contributed by atoms with van der Waals surface area (Å²) in [5.41, 5.74) is 1.74. The Hall–Kier alpha value is -2.74. The van der Waals surface area contributed by atoms with Crippen LogP contribution in [0.2, 0.25) is 10.0 Å². The second-order valence-electron chi connectivity index (χ2n) is 6.64. The summed E-state index contributed by atoms with van der Waals surface area (Å²) in [6, 6.07) is 18.7. The highest BCUT2D eigenvalue weighted by Crippen LogP contribution is 2.25. The minimum Gasteiger partial charge on any atom is -0.467 e. The number of hydrogen-bond acceptors (Lipinski definition) is 5. The Bertz CT molecular complexity index is 1160. The lowest BCUT2D eigenvalue weighted by Gasteiger charge is -2.10. The Labute approximate surface area is 193 Å². The first-order valence-electron chi connectivity index (χ1n) is 9.44. The molecule has 6 nitrogen and oxygen atoms in total. The number of halogens is 2. The van der Waals surface area contributed by atoms with Gasteiger partial charge in [-0.05, 0) is 29.8 Å². The second kappa shape index (κ2) is 10.0. The van der Waals surface area contributed by atoms with Crippen LogP contribution < -0.4 is 5.32 Å². The number of thioether (sulfide) groups is 1. The van der Waals surface area contributed by atoms with Crippen molar-refractivity contribution < 1.29 is 9.21 Å². The molecule has 31 heavy (non-hydrogen) atoms. The van der Waals surface area contributed by atoms with Crippen LogP contribution in [0.3, 0.4) is 0 Å². The van der Waals surface area contributed by atoms with E-state index in [1.165, 1.54) is 11.8 Å². The summed E-state index contributed by atoms with van der Waals surface area (Å²) in [4.78, 5) is 12.4. The summed E-state index contributed by atoms with van der Waals surface area (Å²) in [7, 11) is 0. The summed E-state index contributed by atoms with van der Waals surface area (Å²) in [5, 5.41) is 13.2. The minimum absolute atomic E-state index is 0.134. The molecule has 1 N–H and O–H groups in total. The van der Waals surface area contributed by atoms with E-state index >= 15 is 0 Å². The first kappa shape index (κ1) is 21.5. The maximum atomic E-state index is 12.4. The molecular formula is C22H18Cl2N4O2S. The van der Waals surface area contributed by atoms with Crippen molar-refractivity contribution in [2.75, 3.05) is 5.75 Å². The first-order chi connectivity index (χ1) is 15.1. The number of furan rings is 1. The zero-order chi connectivity index (χ0) is 21.6. The molecule has 158 valence electrons. The van der Waals surface area contributed by atoms with Crippen LogP contribution in [0, 0.1) is 0 Å². The maximum absolute atomic E-state index is 12.4. The van der Waals surface area contributed by atoms with Gasteiger partial charge in [0.1, 0.15) is 5.76 Å². The molecule has 2 aromatic carbocycles. The average molecular weight is 473 g/mol. The number of nitrogens with zero attached hydrogens (tertiary/aromatic N) is 3.